The van der Waals surface area contributed by atoms with Crippen molar-refractivity contribution in [3.63, 3.8) is 0 Å². The minimum absolute atomic E-state index is 0.0986. The summed E-state index contributed by atoms with van der Waals surface area (Å²) in [5, 5.41) is 6.01. The summed E-state index contributed by atoms with van der Waals surface area (Å²) in [5.74, 6) is 0.0986. The number of pyridine rings is 1. The van der Waals surface area contributed by atoms with E-state index in [4.69, 9.17) is 0 Å². The van der Waals surface area contributed by atoms with Gasteiger partial charge in [-0.3, -0.25) is 9.78 Å². The monoisotopic (exact) mass is 221 g/mol. The maximum atomic E-state index is 11.2. The van der Waals surface area contributed by atoms with Crippen LogP contribution < -0.4 is 10.6 Å². The summed E-state index contributed by atoms with van der Waals surface area (Å²) in [5.41, 5.74) is 2.40. The molecule has 4 nitrogen and oxygen atoms in total. The third-order valence-electron chi connectivity index (χ3n) is 2.35. The van der Waals surface area contributed by atoms with Gasteiger partial charge in [-0.25, -0.2) is 0 Å². The van der Waals surface area contributed by atoms with Crippen LogP contribution in [0.4, 0.5) is 0 Å². The Labute approximate surface area is 96.5 Å². The summed E-state index contributed by atoms with van der Waals surface area (Å²) in [6.07, 6.45) is 4.16. The Balaban J connectivity index is 2.21. The third-order valence-corrected chi connectivity index (χ3v) is 2.35. The van der Waals surface area contributed by atoms with Crippen LogP contribution in [0.15, 0.2) is 18.5 Å². The number of aromatic nitrogens is 1. The van der Waals surface area contributed by atoms with Crippen LogP contribution in [0.2, 0.25) is 0 Å². The smallest absolute Gasteiger partial charge is 0.221 e. The molecular weight excluding hydrogens is 202 g/mol. The molecule has 0 fully saturated rings. The van der Waals surface area contributed by atoms with E-state index in [1.807, 2.05) is 26.1 Å². The predicted octanol–water partition coefficient (Wildman–Crippen LogP) is 1.01. The number of hydrogen-bond acceptors (Lipinski definition) is 3. The van der Waals surface area contributed by atoms with Crippen molar-refractivity contribution in [1.82, 2.24) is 15.6 Å². The zero-order chi connectivity index (χ0) is 11.8. The highest BCUT2D eigenvalue weighted by atomic mass is 16.1. The largest absolute Gasteiger partial charge is 0.356 e. The molecule has 0 bridgehead atoms. The molecule has 0 unspecified atom stereocenters. The topological polar surface area (TPSA) is 54.0 Å². The summed E-state index contributed by atoms with van der Waals surface area (Å²) >= 11 is 0. The van der Waals surface area contributed by atoms with Crippen molar-refractivity contribution in [3.05, 3.63) is 29.6 Å². The van der Waals surface area contributed by atoms with Crippen LogP contribution in [0.1, 0.15) is 24.5 Å². The van der Waals surface area contributed by atoms with Gasteiger partial charge in [-0.15, -0.1) is 0 Å². The average Bonchev–Trinajstić information content (AvgIpc) is 2.27. The van der Waals surface area contributed by atoms with Crippen molar-refractivity contribution in [2.75, 3.05) is 13.1 Å². The van der Waals surface area contributed by atoms with Gasteiger partial charge in [0.2, 0.25) is 5.91 Å². The van der Waals surface area contributed by atoms with Gasteiger partial charge >= 0.3 is 0 Å². The van der Waals surface area contributed by atoms with Gasteiger partial charge in [0.15, 0.2) is 0 Å². The van der Waals surface area contributed by atoms with Crippen LogP contribution in [0.25, 0.3) is 0 Å². The van der Waals surface area contributed by atoms with Gasteiger partial charge in [0.05, 0.1) is 0 Å². The van der Waals surface area contributed by atoms with E-state index < -0.39 is 0 Å². The highest BCUT2D eigenvalue weighted by Crippen LogP contribution is 2.03. The minimum atomic E-state index is 0.0986. The molecule has 88 valence electrons. The lowest BCUT2D eigenvalue weighted by Gasteiger charge is -2.07. The molecular formula is C12H19N3O. The fraction of sp³-hybridized carbons (Fsp3) is 0.500. The molecule has 1 rings (SSSR count). The zero-order valence-corrected chi connectivity index (χ0v) is 9.92. The highest BCUT2D eigenvalue weighted by Gasteiger charge is 1.99. The SMILES string of the molecule is CCNC(=O)CCNCc1ccncc1C. The first-order chi connectivity index (χ1) is 7.74. The van der Waals surface area contributed by atoms with E-state index in [1.165, 1.54) is 11.1 Å². The Morgan fingerprint density at radius 2 is 2.31 bits per heavy atom. The summed E-state index contributed by atoms with van der Waals surface area (Å²) < 4.78 is 0. The van der Waals surface area contributed by atoms with Crippen LogP contribution in [-0.4, -0.2) is 24.0 Å². The molecule has 0 atom stereocenters. The molecule has 1 amide bonds. The molecule has 0 radical (unpaired) electrons. The molecule has 16 heavy (non-hydrogen) atoms. The fourth-order valence-electron chi connectivity index (χ4n) is 1.41. The Kier molecular flexibility index (Phi) is 5.50. The van der Waals surface area contributed by atoms with Gasteiger partial charge in [0.25, 0.3) is 0 Å². The maximum absolute atomic E-state index is 11.2. The van der Waals surface area contributed by atoms with Gasteiger partial charge in [-0.05, 0) is 31.0 Å². The Morgan fingerprint density at radius 3 is 3.00 bits per heavy atom. The van der Waals surface area contributed by atoms with Crippen molar-refractivity contribution in [3.8, 4) is 0 Å². The van der Waals surface area contributed by atoms with Gasteiger partial charge in [0.1, 0.15) is 0 Å². The molecule has 0 aliphatic rings. The van der Waals surface area contributed by atoms with E-state index in [0.717, 1.165) is 6.54 Å². The van der Waals surface area contributed by atoms with E-state index in [1.54, 1.807) is 6.20 Å². The van der Waals surface area contributed by atoms with Crippen molar-refractivity contribution in [2.45, 2.75) is 26.8 Å². The van der Waals surface area contributed by atoms with Gasteiger partial charge in [0, 0.05) is 38.4 Å². The molecule has 0 aromatic carbocycles. The second-order valence-corrected chi connectivity index (χ2v) is 3.68. The van der Waals surface area contributed by atoms with Crippen molar-refractivity contribution < 1.29 is 4.79 Å². The van der Waals surface area contributed by atoms with E-state index >= 15 is 0 Å². The second-order valence-electron chi connectivity index (χ2n) is 3.68. The average molecular weight is 221 g/mol. The van der Waals surface area contributed by atoms with Gasteiger partial charge in [-0.1, -0.05) is 0 Å². The number of nitrogens with one attached hydrogen (secondary N) is 2. The summed E-state index contributed by atoms with van der Waals surface area (Å²) in [7, 11) is 0. The molecule has 0 saturated heterocycles. The standard InChI is InChI=1S/C12H19N3O/c1-3-15-12(16)5-7-14-9-11-4-6-13-8-10(11)2/h4,6,8,14H,3,5,7,9H2,1-2H3,(H,15,16). The van der Waals surface area contributed by atoms with Crippen LogP contribution in [0.5, 0.6) is 0 Å². The Morgan fingerprint density at radius 1 is 1.50 bits per heavy atom. The van der Waals surface area contributed by atoms with E-state index in [2.05, 4.69) is 15.6 Å². The number of carbonyl (C=O) groups excluding carboxylic acids is 1. The lowest BCUT2D eigenvalue weighted by atomic mass is 10.1. The molecule has 1 aromatic heterocycles. The molecule has 4 heteroatoms. The number of hydrogen-bond donors (Lipinski definition) is 2. The number of carbonyl (C=O) groups is 1. The van der Waals surface area contributed by atoms with Crippen LogP contribution >= 0.6 is 0 Å². The first-order valence-electron chi connectivity index (χ1n) is 5.61. The highest BCUT2D eigenvalue weighted by molar-refractivity contribution is 5.75. The molecule has 1 aromatic rings. The van der Waals surface area contributed by atoms with Gasteiger partial charge < -0.3 is 10.6 Å². The van der Waals surface area contributed by atoms with E-state index in [0.29, 0.717) is 19.5 Å². The molecule has 0 aliphatic carbocycles. The minimum Gasteiger partial charge on any atom is -0.356 e. The first kappa shape index (κ1) is 12.6. The summed E-state index contributed by atoms with van der Waals surface area (Å²) in [6.45, 7) is 6.14. The molecule has 0 saturated carbocycles. The van der Waals surface area contributed by atoms with Crippen molar-refractivity contribution >= 4 is 5.91 Å². The van der Waals surface area contributed by atoms with Crippen LogP contribution in [0.3, 0.4) is 0 Å². The lowest BCUT2D eigenvalue weighted by Crippen LogP contribution is -2.27. The third kappa shape index (κ3) is 4.40. The van der Waals surface area contributed by atoms with Crippen LogP contribution in [0, 0.1) is 6.92 Å². The molecule has 2 N–H and O–H groups in total. The number of rotatable bonds is 6. The lowest BCUT2D eigenvalue weighted by molar-refractivity contribution is -0.120. The number of aryl methyl sites for hydroxylation is 1. The molecule has 0 aliphatic heterocycles. The predicted molar refractivity (Wildman–Crippen MR) is 64.0 cm³/mol. The fourth-order valence-corrected chi connectivity index (χ4v) is 1.41. The zero-order valence-electron chi connectivity index (χ0n) is 9.92. The summed E-state index contributed by atoms with van der Waals surface area (Å²) in [6, 6.07) is 1.99. The normalized spacial score (nSPS) is 10.1. The van der Waals surface area contributed by atoms with Crippen LogP contribution in [-0.2, 0) is 11.3 Å². The molecule has 1 heterocycles. The number of nitrogens with zero attached hydrogens (tertiary/aromatic N) is 1. The first-order valence-corrected chi connectivity index (χ1v) is 5.61. The van der Waals surface area contributed by atoms with Crippen molar-refractivity contribution in [1.29, 1.82) is 0 Å². The quantitative estimate of drug-likeness (QED) is 0.705. The second kappa shape index (κ2) is 6.95. The Hall–Kier alpha value is -1.42. The Bertz CT molecular complexity index is 339. The van der Waals surface area contributed by atoms with E-state index in [-0.39, 0.29) is 5.91 Å². The van der Waals surface area contributed by atoms with Crippen molar-refractivity contribution in [2.24, 2.45) is 0 Å². The van der Waals surface area contributed by atoms with Gasteiger partial charge in [-0.2, -0.15) is 0 Å². The molecule has 0 spiro atoms. The maximum Gasteiger partial charge on any atom is 0.221 e. The van der Waals surface area contributed by atoms with E-state index in [9.17, 15) is 4.79 Å². The number of amides is 1. The summed E-state index contributed by atoms with van der Waals surface area (Å²) in [4.78, 5) is 15.2.